The maximum absolute atomic E-state index is 8.88. The molecule has 0 aliphatic rings. The molecule has 0 bridgehead atoms. The van der Waals surface area contributed by atoms with Gasteiger partial charge in [-0.25, -0.2) is 4.57 Å². The Hall–Kier alpha value is 2.07. The van der Waals surface area contributed by atoms with Crippen LogP contribution in [-0.4, -0.2) is 82.3 Å². The van der Waals surface area contributed by atoms with Crippen LogP contribution in [-0.2, 0) is 4.57 Å². The minimum atomic E-state index is -4.64. The number of rotatable bonds is 1. The average Bonchev–Trinajstić information content (AvgIpc) is 1.61. The Bertz CT molecular complexity index is 102. The van der Waals surface area contributed by atoms with Crippen LogP contribution in [0.1, 0.15) is 0 Å². The molecule has 0 radical (unpaired) electrons. The monoisotopic (exact) mass is 188 g/mol. The summed E-state index contributed by atoms with van der Waals surface area (Å²) in [5.74, 6) is 0. The molecule has 10 heavy (non-hydrogen) atoms. The molecule has 0 rings (SSSR count). The molecule has 0 aromatic carbocycles. The third-order valence-electron chi connectivity index (χ3n) is 0.365. The SMILES string of the molecule is O=P(O)(O)O.OC[CH]([Na])[Na]. The standard InChI is InChI=1S/C2H4O.2Na.H3O4P/c1-2-3;;;1-5(2,3)4/h1,3H,2H2;;;(H3,1,2,3,4). The van der Waals surface area contributed by atoms with Crippen LogP contribution in [0.3, 0.4) is 0 Å². The van der Waals surface area contributed by atoms with E-state index < -0.39 is 7.82 Å². The Morgan fingerprint density at radius 1 is 1.30 bits per heavy atom. The predicted molar refractivity (Wildman–Crippen MR) is 36.6 cm³/mol. The molecule has 0 atom stereocenters. The summed E-state index contributed by atoms with van der Waals surface area (Å²) in [5, 5.41) is 8.21. The van der Waals surface area contributed by atoms with E-state index in [-0.39, 0.29) is 0 Å². The van der Waals surface area contributed by atoms with E-state index >= 15 is 0 Å². The van der Waals surface area contributed by atoms with Gasteiger partial charge >= 0.3 is 75.8 Å². The van der Waals surface area contributed by atoms with Gasteiger partial charge in [0.2, 0.25) is 0 Å². The summed E-state index contributed by atoms with van der Waals surface area (Å²) >= 11 is 2.36. The van der Waals surface area contributed by atoms with Crippen LogP contribution >= 0.6 is 7.82 Å². The molecular weight excluding hydrogens is 181 g/mol. The van der Waals surface area contributed by atoms with Gasteiger partial charge < -0.3 is 14.7 Å². The predicted octanol–water partition coefficient (Wildman–Crippen LogP) is -1.87. The molecular formula is C2H7Na2O5P. The van der Waals surface area contributed by atoms with Crippen molar-refractivity contribution < 1.29 is 24.4 Å². The normalized spacial score (nSPS) is 10.9. The third kappa shape index (κ3) is 50.0. The number of aliphatic hydroxyl groups excluding tert-OH is 1. The second kappa shape index (κ2) is 7.71. The van der Waals surface area contributed by atoms with Crippen molar-refractivity contribution in [3.05, 3.63) is 0 Å². The molecule has 4 N–H and O–H groups in total. The van der Waals surface area contributed by atoms with E-state index in [1.54, 1.807) is 0 Å². The van der Waals surface area contributed by atoms with Crippen molar-refractivity contribution in [3.63, 3.8) is 0 Å². The number of aliphatic hydroxyl groups is 1. The Morgan fingerprint density at radius 2 is 1.40 bits per heavy atom. The fraction of sp³-hybridized carbons (Fsp3) is 1.00. The quantitative estimate of drug-likeness (QED) is 0.285. The second-order valence-corrected chi connectivity index (χ2v) is 9.37. The first-order chi connectivity index (χ1) is 4.27. The van der Waals surface area contributed by atoms with Crippen molar-refractivity contribution in [2.75, 3.05) is 6.61 Å². The zero-order valence-electron chi connectivity index (χ0n) is 5.93. The van der Waals surface area contributed by atoms with Crippen LogP contribution in [0.5, 0.6) is 0 Å². The van der Waals surface area contributed by atoms with Crippen LogP contribution in [0.2, 0.25) is 0.417 Å². The molecule has 0 aliphatic carbocycles. The van der Waals surface area contributed by atoms with E-state index in [1.165, 1.54) is 55.9 Å². The Morgan fingerprint density at radius 3 is 1.40 bits per heavy atom. The van der Waals surface area contributed by atoms with Gasteiger partial charge in [0, 0.05) is 0 Å². The Kier molecular flexibility index (Phi) is 11.2. The van der Waals surface area contributed by atoms with Crippen molar-refractivity contribution in [2.24, 2.45) is 0 Å². The van der Waals surface area contributed by atoms with Gasteiger partial charge in [-0.05, 0) is 0 Å². The molecule has 0 saturated carbocycles. The molecule has 0 saturated heterocycles. The van der Waals surface area contributed by atoms with Crippen molar-refractivity contribution in [1.29, 1.82) is 0 Å². The Balaban J connectivity index is 0. The van der Waals surface area contributed by atoms with Gasteiger partial charge in [0.05, 0.1) is 0 Å². The van der Waals surface area contributed by atoms with Crippen molar-refractivity contribution in [1.82, 2.24) is 0 Å². The first-order valence-electron chi connectivity index (χ1n) is 2.66. The van der Waals surface area contributed by atoms with Crippen LogP contribution in [0.4, 0.5) is 0 Å². The van der Waals surface area contributed by atoms with Crippen molar-refractivity contribution in [3.8, 4) is 0 Å². The van der Waals surface area contributed by atoms with E-state index in [0.717, 1.165) is 0.417 Å². The van der Waals surface area contributed by atoms with Gasteiger partial charge in [-0.15, -0.1) is 0 Å². The summed E-state index contributed by atoms with van der Waals surface area (Å²) in [5.41, 5.74) is 0. The summed E-state index contributed by atoms with van der Waals surface area (Å²) in [6.45, 7) is 0.429. The fourth-order valence-corrected chi connectivity index (χ4v) is 0. The van der Waals surface area contributed by atoms with Gasteiger partial charge in [-0.2, -0.15) is 0 Å². The van der Waals surface area contributed by atoms with E-state index in [9.17, 15) is 0 Å². The van der Waals surface area contributed by atoms with Gasteiger partial charge in [0.1, 0.15) is 0 Å². The van der Waals surface area contributed by atoms with Crippen molar-refractivity contribution >= 4 is 63.7 Å². The molecule has 8 heteroatoms. The summed E-state index contributed by atoms with van der Waals surface area (Å²) in [6, 6.07) is 0. The third-order valence-corrected chi connectivity index (χ3v) is 1.10. The molecule has 0 aromatic rings. The van der Waals surface area contributed by atoms with Gasteiger partial charge in [-0.1, -0.05) is 0 Å². The number of hydrogen-bond donors (Lipinski definition) is 4. The minimum absolute atomic E-state index is 0.429. The zero-order valence-corrected chi connectivity index (χ0v) is 10.8. The van der Waals surface area contributed by atoms with Crippen LogP contribution in [0.15, 0.2) is 0 Å². The molecule has 52 valence electrons. The molecule has 0 aliphatic heterocycles. The van der Waals surface area contributed by atoms with Crippen LogP contribution in [0, 0.1) is 0 Å². The first kappa shape index (κ1) is 14.6. The zero-order chi connectivity index (χ0) is 8.78. The molecule has 0 unspecified atom stereocenters. The summed E-state index contributed by atoms with van der Waals surface area (Å²) < 4.78 is 9.60. The molecule has 0 heterocycles. The van der Waals surface area contributed by atoms with Crippen LogP contribution < -0.4 is 0 Å². The average molecular weight is 188 g/mol. The molecule has 5 nitrogen and oxygen atoms in total. The summed E-state index contributed by atoms with van der Waals surface area (Å²) in [6.07, 6.45) is 0. The van der Waals surface area contributed by atoms with E-state index in [2.05, 4.69) is 0 Å². The number of hydrogen-bond acceptors (Lipinski definition) is 2. The van der Waals surface area contributed by atoms with Gasteiger partial charge in [-0.3, -0.25) is 0 Å². The fourth-order valence-electron chi connectivity index (χ4n) is 0. The molecule has 0 spiro atoms. The topological polar surface area (TPSA) is 98.0 Å². The van der Waals surface area contributed by atoms with Crippen LogP contribution in [0.25, 0.3) is 0 Å². The first-order valence-corrected chi connectivity index (χ1v) is 6.54. The number of phosphoric acid groups is 1. The van der Waals surface area contributed by atoms with Gasteiger partial charge in [0.25, 0.3) is 0 Å². The molecule has 0 amide bonds. The molecule has 0 aromatic heterocycles. The summed E-state index contributed by atoms with van der Waals surface area (Å²) in [7, 11) is -4.64. The van der Waals surface area contributed by atoms with E-state index in [1.807, 2.05) is 0 Å². The van der Waals surface area contributed by atoms with Gasteiger partial charge in [0.15, 0.2) is 0 Å². The van der Waals surface area contributed by atoms with Crippen molar-refractivity contribution in [2.45, 2.75) is 0.417 Å². The Labute approximate surface area is 93.9 Å². The van der Waals surface area contributed by atoms with E-state index in [4.69, 9.17) is 24.4 Å². The second-order valence-electron chi connectivity index (χ2n) is 2.09. The molecule has 0 fully saturated rings. The van der Waals surface area contributed by atoms with E-state index in [0.29, 0.717) is 6.61 Å². The maximum atomic E-state index is 8.88. The summed E-state index contributed by atoms with van der Waals surface area (Å²) in [4.78, 5) is 21.6.